The van der Waals surface area contributed by atoms with Crippen LogP contribution in [0.2, 0.25) is 0 Å². The number of halogens is 1. The lowest BCUT2D eigenvalue weighted by molar-refractivity contribution is 0.104. The van der Waals surface area contributed by atoms with Crippen LogP contribution >= 0.6 is 11.3 Å². The summed E-state index contributed by atoms with van der Waals surface area (Å²) in [6, 6.07) is 14.2. The number of aromatic amines is 1. The molecule has 4 heteroatoms. The molecule has 0 saturated heterocycles. The van der Waals surface area contributed by atoms with Gasteiger partial charge in [-0.3, -0.25) is 4.79 Å². The lowest BCUT2D eigenvalue weighted by Gasteiger charge is -1.96. The molecule has 4 rings (SSSR count). The minimum atomic E-state index is -0.315. The summed E-state index contributed by atoms with van der Waals surface area (Å²) in [5.74, 6) is -0.348. The van der Waals surface area contributed by atoms with Crippen LogP contribution < -0.4 is 0 Å². The average Bonchev–Trinajstić information content (AvgIpc) is 3.09. The molecule has 0 atom stereocenters. The van der Waals surface area contributed by atoms with E-state index in [1.165, 1.54) is 23.5 Å². The van der Waals surface area contributed by atoms with E-state index in [1.54, 1.807) is 12.3 Å². The van der Waals surface area contributed by atoms with E-state index in [9.17, 15) is 9.18 Å². The topological polar surface area (TPSA) is 32.9 Å². The quantitative estimate of drug-likeness (QED) is 0.532. The molecule has 21 heavy (non-hydrogen) atoms. The molecule has 2 heterocycles. The van der Waals surface area contributed by atoms with Crippen molar-refractivity contribution in [2.75, 3.05) is 0 Å². The number of rotatable bonds is 2. The highest BCUT2D eigenvalue weighted by molar-refractivity contribution is 7.21. The number of carbonyl (C=O) groups is 1. The SMILES string of the molecule is O=C(c1cc2ccccc2s1)c1c[nH]c2cc(F)ccc12. The normalized spacial score (nSPS) is 11.3. The summed E-state index contributed by atoms with van der Waals surface area (Å²) in [6.45, 7) is 0. The van der Waals surface area contributed by atoms with E-state index in [0.717, 1.165) is 15.5 Å². The molecular weight excluding hydrogens is 285 g/mol. The summed E-state index contributed by atoms with van der Waals surface area (Å²) < 4.78 is 14.3. The van der Waals surface area contributed by atoms with E-state index >= 15 is 0 Å². The van der Waals surface area contributed by atoms with Crippen molar-refractivity contribution in [3.63, 3.8) is 0 Å². The molecule has 4 aromatic rings. The van der Waals surface area contributed by atoms with Gasteiger partial charge in [-0.1, -0.05) is 18.2 Å². The molecule has 0 unspecified atom stereocenters. The van der Waals surface area contributed by atoms with Crippen LogP contribution in [0.1, 0.15) is 15.2 Å². The molecule has 0 aliphatic heterocycles. The first-order valence-corrected chi connectivity index (χ1v) is 7.34. The highest BCUT2D eigenvalue weighted by Gasteiger charge is 2.16. The van der Waals surface area contributed by atoms with Crippen molar-refractivity contribution < 1.29 is 9.18 Å². The van der Waals surface area contributed by atoms with E-state index in [0.29, 0.717) is 16.0 Å². The summed E-state index contributed by atoms with van der Waals surface area (Å²) in [5, 5.41) is 1.82. The van der Waals surface area contributed by atoms with Gasteiger partial charge in [0.05, 0.1) is 4.88 Å². The van der Waals surface area contributed by atoms with Crippen molar-refractivity contribution in [2.24, 2.45) is 0 Å². The Balaban J connectivity index is 1.85. The molecule has 2 aromatic heterocycles. The zero-order chi connectivity index (χ0) is 14.4. The summed E-state index contributed by atoms with van der Waals surface area (Å²) in [4.78, 5) is 16.3. The van der Waals surface area contributed by atoms with Crippen LogP contribution in [-0.4, -0.2) is 10.8 Å². The lowest BCUT2D eigenvalue weighted by Crippen LogP contribution is -1.96. The number of ketones is 1. The minimum absolute atomic E-state index is 0.0333. The number of fused-ring (bicyclic) bond motifs is 2. The van der Waals surface area contributed by atoms with Gasteiger partial charge in [-0.15, -0.1) is 11.3 Å². The van der Waals surface area contributed by atoms with Crippen molar-refractivity contribution in [3.8, 4) is 0 Å². The van der Waals surface area contributed by atoms with E-state index in [4.69, 9.17) is 0 Å². The fourth-order valence-corrected chi connectivity index (χ4v) is 3.53. The van der Waals surface area contributed by atoms with Crippen molar-refractivity contribution in [1.29, 1.82) is 0 Å². The molecule has 0 amide bonds. The lowest BCUT2D eigenvalue weighted by atomic mass is 10.1. The Morgan fingerprint density at radius 2 is 1.95 bits per heavy atom. The van der Waals surface area contributed by atoms with Gasteiger partial charge in [-0.05, 0) is 35.7 Å². The predicted molar refractivity (Wildman–Crippen MR) is 83.5 cm³/mol. The Hall–Kier alpha value is -2.46. The molecule has 2 nitrogen and oxygen atoms in total. The number of carbonyl (C=O) groups excluding carboxylic acids is 1. The fourth-order valence-electron chi connectivity index (χ4n) is 2.51. The first-order chi connectivity index (χ1) is 10.2. The molecule has 0 saturated carbocycles. The van der Waals surface area contributed by atoms with Gasteiger partial charge < -0.3 is 4.98 Å². The third kappa shape index (κ3) is 1.96. The third-order valence-corrected chi connectivity index (χ3v) is 4.65. The van der Waals surface area contributed by atoms with E-state index < -0.39 is 0 Å². The molecule has 0 spiro atoms. The summed E-state index contributed by atoms with van der Waals surface area (Å²) >= 11 is 1.48. The molecule has 0 aliphatic rings. The Morgan fingerprint density at radius 3 is 2.81 bits per heavy atom. The second-order valence-corrected chi connectivity index (χ2v) is 5.95. The van der Waals surface area contributed by atoms with Crippen molar-refractivity contribution in [2.45, 2.75) is 0 Å². The van der Waals surface area contributed by atoms with Crippen LogP contribution in [-0.2, 0) is 0 Å². The average molecular weight is 295 g/mol. The maximum absolute atomic E-state index is 13.2. The number of benzene rings is 2. The zero-order valence-electron chi connectivity index (χ0n) is 10.9. The van der Waals surface area contributed by atoms with Gasteiger partial charge in [0.1, 0.15) is 5.82 Å². The molecular formula is C17H10FNOS. The van der Waals surface area contributed by atoms with Crippen molar-refractivity contribution in [1.82, 2.24) is 4.98 Å². The van der Waals surface area contributed by atoms with Crippen LogP contribution in [0.5, 0.6) is 0 Å². The summed E-state index contributed by atoms with van der Waals surface area (Å²) in [5.41, 5.74) is 1.22. The van der Waals surface area contributed by atoms with Gasteiger partial charge in [0.2, 0.25) is 5.78 Å². The van der Waals surface area contributed by atoms with E-state index in [2.05, 4.69) is 4.98 Å². The van der Waals surface area contributed by atoms with E-state index in [-0.39, 0.29) is 11.6 Å². The van der Waals surface area contributed by atoms with E-state index in [1.807, 2.05) is 30.3 Å². The predicted octanol–water partition coefficient (Wildman–Crippen LogP) is 4.75. The molecule has 2 aromatic carbocycles. The first kappa shape index (κ1) is 12.3. The molecule has 0 fully saturated rings. The van der Waals surface area contributed by atoms with Gasteiger partial charge in [0.15, 0.2) is 0 Å². The molecule has 1 N–H and O–H groups in total. The van der Waals surface area contributed by atoms with Gasteiger partial charge in [-0.25, -0.2) is 4.39 Å². The molecule has 0 bridgehead atoms. The summed E-state index contributed by atoms with van der Waals surface area (Å²) in [6.07, 6.45) is 1.65. The number of nitrogens with one attached hydrogen (secondary N) is 1. The standard InChI is InChI=1S/C17H10FNOS/c18-11-5-6-12-13(9-19-14(12)8-11)17(20)16-7-10-3-1-2-4-15(10)21-16/h1-9,19H. The van der Waals surface area contributed by atoms with Crippen LogP contribution in [0.4, 0.5) is 4.39 Å². The Morgan fingerprint density at radius 1 is 1.10 bits per heavy atom. The zero-order valence-corrected chi connectivity index (χ0v) is 11.7. The Labute approximate surface area is 123 Å². The Kier molecular flexibility index (Phi) is 2.65. The van der Waals surface area contributed by atoms with Gasteiger partial charge in [0.25, 0.3) is 0 Å². The van der Waals surface area contributed by atoms with Crippen LogP contribution in [0.15, 0.2) is 54.7 Å². The summed E-state index contributed by atoms with van der Waals surface area (Å²) in [7, 11) is 0. The maximum atomic E-state index is 13.2. The molecule has 0 radical (unpaired) electrons. The minimum Gasteiger partial charge on any atom is -0.360 e. The highest BCUT2D eigenvalue weighted by atomic mass is 32.1. The van der Waals surface area contributed by atoms with Crippen molar-refractivity contribution >= 4 is 38.1 Å². The second-order valence-electron chi connectivity index (χ2n) is 4.87. The number of hydrogen-bond acceptors (Lipinski definition) is 2. The van der Waals surface area contributed by atoms with Crippen LogP contribution in [0.3, 0.4) is 0 Å². The second kappa shape index (κ2) is 4.53. The number of thiophene rings is 1. The maximum Gasteiger partial charge on any atom is 0.205 e. The molecule has 102 valence electrons. The highest BCUT2D eigenvalue weighted by Crippen LogP contribution is 2.29. The molecule has 0 aliphatic carbocycles. The monoisotopic (exact) mass is 295 g/mol. The third-order valence-electron chi connectivity index (χ3n) is 3.54. The largest absolute Gasteiger partial charge is 0.360 e. The Bertz CT molecular complexity index is 950. The first-order valence-electron chi connectivity index (χ1n) is 6.52. The van der Waals surface area contributed by atoms with Gasteiger partial charge >= 0.3 is 0 Å². The van der Waals surface area contributed by atoms with Gasteiger partial charge in [0, 0.05) is 27.4 Å². The number of H-pyrrole nitrogens is 1. The fraction of sp³-hybridized carbons (Fsp3) is 0. The van der Waals surface area contributed by atoms with Gasteiger partial charge in [-0.2, -0.15) is 0 Å². The van der Waals surface area contributed by atoms with Crippen LogP contribution in [0, 0.1) is 5.82 Å². The van der Waals surface area contributed by atoms with Crippen LogP contribution in [0.25, 0.3) is 21.0 Å². The van der Waals surface area contributed by atoms with Crippen molar-refractivity contribution in [3.05, 3.63) is 71.0 Å². The smallest absolute Gasteiger partial charge is 0.205 e. The number of hydrogen-bond donors (Lipinski definition) is 1. The number of aromatic nitrogens is 1.